The number of nitrogens with zero attached hydrogens (tertiary/aromatic N) is 2. The molecule has 1 aliphatic rings. The monoisotopic (exact) mass is 263 g/mol. The zero-order valence-corrected chi connectivity index (χ0v) is 13.2. The number of nitrogens with two attached hydrogens (primary N) is 1. The zero-order chi connectivity index (χ0) is 14.2. The summed E-state index contributed by atoms with van der Waals surface area (Å²) in [4.78, 5) is 4.94. The van der Waals surface area contributed by atoms with Crippen molar-refractivity contribution in [1.29, 1.82) is 0 Å². The SMILES string of the molecule is CCn1c(C(C)(C)C)nc(C2CCC(C)CC2)c1N. The van der Waals surface area contributed by atoms with Crippen LogP contribution in [0.5, 0.6) is 0 Å². The molecule has 1 aromatic heterocycles. The molecule has 0 unspecified atom stereocenters. The second-order valence-corrected chi connectivity index (χ2v) is 7.16. The van der Waals surface area contributed by atoms with Crippen LogP contribution in [-0.4, -0.2) is 9.55 Å². The molecule has 1 heterocycles. The zero-order valence-electron chi connectivity index (χ0n) is 13.2. The summed E-state index contributed by atoms with van der Waals surface area (Å²) < 4.78 is 2.20. The highest BCUT2D eigenvalue weighted by molar-refractivity contribution is 5.42. The quantitative estimate of drug-likeness (QED) is 0.874. The molecule has 0 aromatic carbocycles. The van der Waals surface area contributed by atoms with Crippen LogP contribution in [0.4, 0.5) is 5.82 Å². The average Bonchev–Trinajstić information content (AvgIpc) is 2.67. The van der Waals surface area contributed by atoms with Crippen LogP contribution >= 0.6 is 0 Å². The van der Waals surface area contributed by atoms with Gasteiger partial charge in [-0.15, -0.1) is 0 Å². The van der Waals surface area contributed by atoms with Gasteiger partial charge in [-0.25, -0.2) is 4.98 Å². The summed E-state index contributed by atoms with van der Waals surface area (Å²) in [5, 5.41) is 0. The van der Waals surface area contributed by atoms with Gasteiger partial charge in [0, 0.05) is 17.9 Å². The lowest BCUT2D eigenvalue weighted by molar-refractivity contribution is 0.344. The first-order chi connectivity index (χ1) is 8.84. The molecule has 2 rings (SSSR count). The van der Waals surface area contributed by atoms with E-state index in [1.165, 1.54) is 31.4 Å². The van der Waals surface area contributed by atoms with Crippen LogP contribution in [-0.2, 0) is 12.0 Å². The molecule has 0 atom stereocenters. The summed E-state index contributed by atoms with van der Waals surface area (Å²) in [6, 6.07) is 0. The van der Waals surface area contributed by atoms with Gasteiger partial charge in [0.05, 0.1) is 5.69 Å². The second-order valence-electron chi connectivity index (χ2n) is 7.16. The molecule has 0 amide bonds. The van der Waals surface area contributed by atoms with Gasteiger partial charge >= 0.3 is 0 Å². The Bertz CT molecular complexity index is 432. The van der Waals surface area contributed by atoms with E-state index in [0.29, 0.717) is 5.92 Å². The van der Waals surface area contributed by atoms with Crippen molar-refractivity contribution >= 4 is 5.82 Å². The Balaban J connectivity index is 2.34. The van der Waals surface area contributed by atoms with E-state index in [-0.39, 0.29) is 5.41 Å². The number of hydrogen-bond acceptors (Lipinski definition) is 2. The molecule has 1 fully saturated rings. The normalized spacial score (nSPS) is 24.7. The predicted octanol–water partition coefficient (Wildman–Crippen LogP) is 4.08. The van der Waals surface area contributed by atoms with Crippen molar-refractivity contribution in [2.45, 2.75) is 78.2 Å². The van der Waals surface area contributed by atoms with Crippen LogP contribution in [0.25, 0.3) is 0 Å². The highest BCUT2D eigenvalue weighted by atomic mass is 15.1. The second kappa shape index (κ2) is 5.18. The minimum atomic E-state index is 0.0599. The smallest absolute Gasteiger partial charge is 0.127 e. The Morgan fingerprint density at radius 2 is 1.79 bits per heavy atom. The summed E-state index contributed by atoms with van der Waals surface area (Å²) in [6.07, 6.45) is 5.12. The van der Waals surface area contributed by atoms with Crippen molar-refractivity contribution in [3.63, 3.8) is 0 Å². The van der Waals surface area contributed by atoms with Gasteiger partial charge < -0.3 is 10.3 Å². The van der Waals surface area contributed by atoms with E-state index in [0.717, 1.165) is 24.1 Å². The number of imidazole rings is 1. The maximum absolute atomic E-state index is 6.38. The summed E-state index contributed by atoms with van der Waals surface area (Å²) in [7, 11) is 0. The highest BCUT2D eigenvalue weighted by Crippen LogP contribution is 2.39. The van der Waals surface area contributed by atoms with Gasteiger partial charge in [-0.3, -0.25) is 0 Å². The minimum absolute atomic E-state index is 0.0599. The Morgan fingerprint density at radius 1 is 1.21 bits per heavy atom. The molecule has 3 nitrogen and oxygen atoms in total. The van der Waals surface area contributed by atoms with Gasteiger partial charge in [0.15, 0.2) is 0 Å². The van der Waals surface area contributed by atoms with Crippen molar-refractivity contribution in [1.82, 2.24) is 9.55 Å². The predicted molar refractivity (Wildman–Crippen MR) is 81.4 cm³/mol. The molecule has 1 aliphatic carbocycles. The van der Waals surface area contributed by atoms with E-state index in [4.69, 9.17) is 10.7 Å². The minimum Gasteiger partial charge on any atom is -0.384 e. The molecule has 0 aliphatic heterocycles. The lowest BCUT2D eigenvalue weighted by Crippen LogP contribution is -2.19. The third-order valence-electron chi connectivity index (χ3n) is 4.42. The Morgan fingerprint density at radius 3 is 2.21 bits per heavy atom. The lowest BCUT2D eigenvalue weighted by atomic mass is 9.81. The van der Waals surface area contributed by atoms with E-state index in [1.807, 2.05) is 0 Å². The van der Waals surface area contributed by atoms with Gasteiger partial charge in [-0.05, 0) is 25.7 Å². The molecule has 1 saturated carbocycles. The fraction of sp³-hybridized carbons (Fsp3) is 0.812. The fourth-order valence-electron chi connectivity index (χ4n) is 3.21. The molecule has 2 N–H and O–H groups in total. The maximum Gasteiger partial charge on any atom is 0.127 e. The van der Waals surface area contributed by atoms with Crippen LogP contribution in [0.1, 0.15) is 77.7 Å². The molecule has 3 heteroatoms. The number of aromatic nitrogens is 2. The van der Waals surface area contributed by atoms with Crippen molar-refractivity contribution in [3.05, 3.63) is 11.5 Å². The molecular weight excluding hydrogens is 234 g/mol. The number of nitrogen functional groups attached to an aromatic ring is 1. The van der Waals surface area contributed by atoms with Crippen molar-refractivity contribution in [3.8, 4) is 0 Å². The highest BCUT2D eigenvalue weighted by Gasteiger charge is 2.29. The number of hydrogen-bond donors (Lipinski definition) is 1. The topological polar surface area (TPSA) is 43.8 Å². The summed E-state index contributed by atoms with van der Waals surface area (Å²) in [5.74, 6) is 3.49. The number of rotatable bonds is 2. The number of anilines is 1. The molecule has 0 saturated heterocycles. The third kappa shape index (κ3) is 2.80. The standard InChI is InChI=1S/C16H29N3/c1-6-19-14(17)13(18-15(19)16(3,4)5)12-9-7-11(2)8-10-12/h11-12H,6-10,17H2,1-5H3. The van der Waals surface area contributed by atoms with E-state index < -0.39 is 0 Å². The Hall–Kier alpha value is -0.990. The van der Waals surface area contributed by atoms with E-state index in [9.17, 15) is 0 Å². The lowest BCUT2D eigenvalue weighted by Gasteiger charge is -2.25. The van der Waals surface area contributed by atoms with Crippen LogP contribution in [0.3, 0.4) is 0 Å². The Kier molecular flexibility index (Phi) is 3.93. The molecule has 108 valence electrons. The van der Waals surface area contributed by atoms with Gasteiger partial charge in [0.1, 0.15) is 11.6 Å². The van der Waals surface area contributed by atoms with E-state index in [1.54, 1.807) is 0 Å². The van der Waals surface area contributed by atoms with Gasteiger partial charge in [-0.2, -0.15) is 0 Å². The summed E-state index contributed by atoms with van der Waals surface area (Å²) in [5.41, 5.74) is 7.60. The first kappa shape index (κ1) is 14.4. The van der Waals surface area contributed by atoms with Gasteiger partial charge in [0.25, 0.3) is 0 Å². The summed E-state index contributed by atoms with van der Waals surface area (Å²) in [6.45, 7) is 12.1. The van der Waals surface area contributed by atoms with Crippen LogP contribution in [0.15, 0.2) is 0 Å². The van der Waals surface area contributed by atoms with Crippen LogP contribution in [0, 0.1) is 5.92 Å². The summed E-state index contributed by atoms with van der Waals surface area (Å²) >= 11 is 0. The van der Waals surface area contributed by atoms with Crippen molar-refractivity contribution in [2.75, 3.05) is 5.73 Å². The fourth-order valence-corrected chi connectivity index (χ4v) is 3.21. The molecule has 0 bridgehead atoms. The van der Waals surface area contributed by atoms with E-state index >= 15 is 0 Å². The van der Waals surface area contributed by atoms with Crippen LogP contribution < -0.4 is 5.73 Å². The molecule has 0 radical (unpaired) electrons. The molecule has 19 heavy (non-hydrogen) atoms. The molecular formula is C16H29N3. The van der Waals surface area contributed by atoms with Gasteiger partial charge in [0.2, 0.25) is 0 Å². The van der Waals surface area contributed by atoms with Gasteiger partial charge in [-0.1, -0.05) is 40.5 Å². The van der Waals surface area contributed by atoms with Crippen molar-refractivity contribution < 1.29 is 0 Å². The molecule has 1 aromatic rings. The maximum atomic E-state index is 6.38. The largest absolute Gasteiger partial charge is 0.384 e. The van der Waals surface area contributed by atoms with Crippen molar-refractivity contribution in [2.24, 2.45) is 5.92 Å². The molecule has 0 spiro atoms. The van der Waals surface area contributed by atoms with E-state index in [2.05, 4.69) is 39.2 Å². The first-order valence-corrected chi connectivity index (χ1v) is 7.71. The Labute approximate surface area is 117 Å². The first-order valence-electron chi connectivity index (χ1n) is 7.71. The third-order valence-corrected chi connectivity index (χ3v) is 4.42. The van der Waals surface area contributed by atoms with Crippen LogP contribution in [0.2, 0.25) is 0 Å². The average molecular weight is 263 g/mol.